The molecule has 1 aliphatic heterocycles. The Kier molecular flexibility index (Phi) is 7.28. The van der Waals surface area contributed by atoms with Crippen LogP contribution in [0, 0.1) is 0 Å². The van der Waals surface area contributed by atoms with Gasteiger partial charge < -0.3 is 14.4 Å². The zero-order valence-electron chi connectivity index (χ0n) is 16.2. The maximum absolute atomic E-state index is 12.9. The van der Waals surface area contributed by atoms with Gasteiger partial charge in [0.2, 0.25) is 0 Å². The van der Waals surface area contributed by atoms with Crippen LogP contribution in [-0.4, -0.2) is 30.5 Å². The van der Waals surface area contributed by atoms with Crippen LogP contribution in [0.5, 0.6) is 5.75 Å². The summed E-state index contributed by atoms with van der Waals surface area (Å²) in [5.74, 6) is 0.905. The molecular formula is C23H29NO3. The average Bonchev–Trinajstić information content (AvgIpc) is 2.99. The van der Waals surface area contributed by atoms with Crippen molar-refractivity contribution in [1.29, 1.82) is 0 Å². The van der Waals surface area contributed by atoms with Crippen molar-refractivity contribution < 1.29 is 14.3 Å². The minimum atomic E-state index is 0.115. The third kappa shape index (κ3) is 5.57. The van der Waals surface area contributed by atoms with Crippen molar-refractivity contribution >= 4 is 5.91 Å². The van der Waals surface area contributed by atoms with E-state index < -0.39 is 0 Å². The number of hydrogen-bond donors (Lipinski definition) is 0. The molecule has 0 spiro atoms. The van der Waals surface area contributed by atoms with Gasteiger partial charge in [0, 0.05) is 24.2 Å². The minimum absolute atomic E-state index is 0.115. The second-order valence-corrected chi connectivity index (χ2v) is 6.94. The van der Waals surface area contributed by atoms with E-state index in [1.807, 2.05) is 60.4 Å². The molecule has 4 nitrogen and oxygen atoms in total. The van der Waals surface area contributed by atoms with E-state index in [0.29, 0.717) is 19.8 Å². The first kappa shape index (κ1) is 19.4. The summed E-state index contributed by atoms with van der Waals surface area (Å²) in [5.41, 5.74) is 2.78. The standard InChI is InChI=1S/C23H29NO3/c1-2-27-22-13-12-20(23(25)24-14-8-3-4-9-15-24)16-21(22)18-26-17-19-10-6-5-7-11-19/h5-7,10-13,16H,2-4,8-9,14-15,17-18H2,1H3. The summed E-state index contributed by atoms with van der Waals surface area (Å²) in [6.07, 6.45) is 4.61. The lowest BCUT2D eigenvalue weighted by Gasteiger charge is -2.21. The molecule has 0 N–H and O–H groups in total. The van der Waals surface area contributed by atoms with E-state index in [1.165, 1.54) is 12.8 Å². The van der Waals surface area contributed by atoms with Crippen LogP contribution in [0.3, 0.4) is 0 Å². The summed E-state index contributed by atoms with van der Waals surface area (Å²) in [6.45, 7) is 5.22. The van der Waals surface area contributed by atoms with Crippen LogP contribution in [0.25, 0.3) is 0 Å². The van der Waals surface area contributed by atoms with E-state index in [-0.39, 0.29) is 5.91 Å². The Morgan fingerprint density at radius 3 is 2.41 bits per heavy atom. The van der Waals surface area contributed by atoms with Crippen LogP contribution < -0.4 is 4.74 Å². The van der Waals surface area contributed by atoms with Crippen LogP contribution in [-0.2, 0) is 18.0 Å². The van der Waals surface area contributed by atoms with E-state index in [4.69, 9.17) is 9.47 Å². The zero-order valence-corrected chi connectivity index (χ0v) is 16.2. The quantitative estimate of drug-likeness (QED) is 0.704. The fourth-order valence-corrected chi connectivity index (χ4v) is 3.43. The van der Waals surface area contributed by atoms with Gasteiger partial charge in [-0.2, -0.15) is 0 Å². The number of amides is 1. The highest BCUT2D eigenvalue weighted by Gasteiger charge is 2.18. The van der Waals surface area contributed by atoms with Crippen molar-refractivity contribution in [2.45, 2.75) is 45.8 Å². The highest BCUT2D eigenvalue weighted by molar-refractivity contribution is 5.94. The van der Waals surface area contributed by atoms with Crippen molar-refractivity contribution in [2.75, 3.05) is 19.7 Å². The molecule has 4 heteroatoms. The fourth-order valence-electron chi connectivity index (χ4n) is 3.43. The summed E-state index contributed by atoms with van der Waals surface area (Å²) in [4.78, 5) is 14.9. The molecule has 0 unspecified atom stereocenters. The highest BCUT2D eigenvalue weighted by Crippen LogP contribution is 2.23. The lowest BCUT2D eigenvalue weighted by Crippen LogP contribution is -2.31. The summed E-state index contributed by atoms with van der Waals surface area (Å²) >= 11 is 0. The predicted molar refractivity (Wildman–Crippen MR) is 107 cm³/mol. The second-order valence-electron chi connectivity index (χ2n) is 6.94. The number of carbonyl (C=O) groups excluding carboxylic acids is 1. The average molecular weight is 367 g/mol. The maximum atomic E-state index is 12.9. The Morgan fingerprint density at radius 2 is 1.70 bits per heavy atom. The van der Waals surface area contributed by atoms with Gasteiger partial charge in [0.15, 0.2) is 0 Å². The monoisotopic (exact) mass is 367 g/mol. The molecule has 2 aromatic carbocycles. The number of ether oxygens (including phenoxy) is 2. The number of likely N-dealkylation sites (tertiary alicyclic amines) is 1. The first-order valence-corrected chi connectivity index (χ1v) is 9.94. The van der Waals surface area contributed by atoms with Gasteiger partial charge in [-0.25, -0.2) is 0 Å². The lowest BCUT2D eigenvalue weighted by molar-refractivity contribution is 0.0760. The lowest BCUT2D eigenvalue weighted by atomic mass is 10.1. The van der Waals surface area contributed by atoms with Crippen molar-refractivity contribution in [2.24, 2.45) is 0 Å². The highest BCUT2D eigenvalue weighted by atomic mass is 16.5. The van der Waals surface area contributed by atoms with Gasteiger partial charge in [-0.1, -0.05) is 43.2 Å². The first-order valence-electron chi connectivity index (χ1n) is 9.94. The number of rotatable bonds is 7. The molecule has 0 saturated carbocycles. The van der Waals surface area contributed by atoms with E-state index in [9.17, 15) is 4.79 Å². The van der Waals surface area contributed by atoms with E-state index in [0.717, 1.165) is 48.4 Å². The van der Waals surface area contributed by atoms with E-state index in [2.05, 4.69) is 0 Å². The van der Waals surface area contributed by atoms with Gasteiger partial charge in [0.05, 0.1) is 19.8 Å². The van der Waals surface area contributed by atoms with Gasteiger partial charge in [-0.05, 0) is 43.5 Å². The molecule has 0 radical (unpaired) electrons. The predicted octanol–water partition coefficient (Wildman–Crippen LogP) is 4.82. The third-order valence-electron chi connectivity index (χ3n) is 4.87. The molecule has 1 saturated heterocycles. The molecule has 0 bridgehead atoms. The van der Waals surface area contributed by atoms with Crippen LogP contribution >= 0.6 is 0 Å². The van der Waals surface area contributed by atoms with Crippen LogP contribution in [0.4, 0.5) is 0 Å². The largest absolute Gasteiger partial charge is 0.494 e. The van der Waals surface area contributed by atoms with Gasteiger partial charge in [0.1, 0.15) is 5.75 Å². The molecule has 1 amide bonds. The molecular weight excluding hydrogens is 338 g/mol. The summed E-state index contributed by atoms with van der Waals surface area (Å²) in [6, 6.07) is 15.8. The Labute approximate surface area is 162 Å². The number of nitrogens with zero attached hydrogens (tertiary/aromatic N) is 1. The molecule has 1 aliphatic rings. The van der Waals surface area contributed by atoms with Gasteiger partial charge >= 0.3 is 0 Å². The summed E-state index contributed by atoms with van der Waals surface area (Å²) in [7, 11) is 0. The summed E-state index contributed by atoms with van der Waals surface area (Å²) < 4.78 is 11.6. The van der Waals surface area contributed by atoms with Crippen molar-refractivity contribution in [3.05, 3.63) is 65.2 Å². The smallest absolute Gasteiger partial charge is 0.253 e. The SMILES string of the molecule is CCOc1ccc(C(=O)N2CCCCCC2)cc1COCc1ccccc1. The van der Waals surface area contributed by atoms with E-state index in [1.54, 1.807) is 0 Å². The number of benzene rings is 2. The second kappa shape index (κ2) is 10.1. The fraction of sp³-hybridized carbons (Fsp3) is 0.435. The number of carbonyl (C=O) groups is 1. The Balaban J connectivity index is 1.70. The molecule has 3 rings (SSSR count). The Bertz CT molecular complexity index is 722. The topological polar surface area (TPSA) is 38.8 Å². The Hall–Kier alpha value is -2.33. The Morgan fingerprint density at radius 1 is 0.963 bits per heavy atom. The normalized spacial score (nSPS) is 14.6. The van der Waals surface area contributed by atoms with Gasteiger partial charge in [-0.3, -0.25) is 4.79 Å². The van der Waals surface area contributed by atoms with Crippen LogP contribution in [0.2, 0.25) is 0 Å². The van der Waals surface area contributed by atoms with E-state index >= 15 is 0 Å². The maximum Gasteiger partial charge on any atom is 0.253 e. The van der Waals surface area contributed by atoms with Crippen LogP contribution in [0.1, 0.15) is 54.1 Å². The van der Waals surface area contributed by atoms with Crippen molar-refractivity contribution in [3.63, 3.8) is 0 Å². The summed E-state index contributed by atoms with van der Waals surface area (Å²) in [5, 5.41) is 0. The van der Waals surface area contributed by atoms with Crippen molar-refractivity contribution in [1.82, 2.24) is 4.90 Å². The molecule has 2 aromatic rings. The minimum Gasteiger partial charge on any atom is -0.494 e. The molecule has 144 valence electrons. The van der Waals surface area contributed by atoms with Crippen LogP contribution in [0.15, 0.2) is 48.5 Å². The molecule has 0 aliphatic carbocycles. The molecule has 1 fully saturated rings. The first-order chi connectivity index (χ1) is 13.3. The molecule has 27 heavy (non-hydrogen) atoms. The molecule has 0 atom stereocenters. The molecule has 1 heterocycles. The van der Waals surface area contributed by atoms with Crippen molar-refractivity contribution in [3.8, 4) is 5.75 Å². The van der Waals surface area contributed by atoms with Gasteiger partial charge in [-0.15, -0.1) is 0 Å². The van der Waals surface area contributed by atoms with Gasteiger partial charge in [0.25, 0.3) is 5.91 Å². The zero-order chi connectivity index (χ0) is 18.9. The third-order valence-corrected chi connectivity index (χ3v) is 4.87. The number of hydrogen-bond acceptors (Lipinski definition) is 3. The molecule has 0 aromatic heterocycles.